The van der Waals surface area contributed by atoms with Gasteiger partial charge in [0.15, 0.2) is 0 Å². The van der Waals surface area contributed by atoms with E-state index in [1.165, 1.54) is 29.2 Å². The van der Waals surface area contributed by atoms with Crippen LogP contribution in [0.1, 0.15) is 31.4 Å². The molecule has 2 amide bonds. The predicted molar refractivity (Wildman–Crippen MR) is 164 cm³/mol. The smallest absolute Gasteiger partial charge is 0.271 e. The summed E-state index contributed by atoms with van der Waals surface area (Å²) in [6, 6.07) is 17.6. The Hall–Kier alpha value is -3.67. The summed E-state index contributed by atoms with van der Waals surface area (Å²) >= 11 is 12.5. The van der Waals surface area contributed by atoms with Crippen molar-refractivity contribution in [3.63, 3.8) is 0 Å². The number of carbonyl (C=O) groups excluding carboxylic acids is 2. The van der Waals surface area contributed by atoms with E-state index in [0.717, 1.165) is 22.2 Å². The average Bonchev–Trinajstić information content (AvgIpc) is 2.94. The molecule has 0 aromatic heterocycles. The zero-order valence-corrected chi connectivity index (χ0v) is 25.7. The Labute approximate surface area is 255 Å². The van der Waals surface area contributed by atoms with Crippen molar-refractivity contribution in [3.05, 3.63) is 104 Å². The number of non-ortho nitro benzene ring substituents is 1. The third-order valence-corrected chi connectivity index (χ3v) is 8.36. The number of amides is 2. The van der Waals surface area contributed by atoms with Gasteiger partial charge in [-0.05, 0) is 42.7 Å². The van der Waals surface area contributed by atoms with Crippen molar-refractivity contribution in [2.75, 3.05) is 17.1 Å². The maximum absolute atomic E-state index is 14.1. The molecule has 1 N–H and O–H groups in total. The highest BCUT2D eigenvalue weighted by Crippen LogP contribution is 2.26. The lowest BCUT2D eigenvalue weighted by atomic mass is 10.0. The second kappa shape index (κ2) is 14.5. The van der Waals surface area contributed by atoms with E-state index in [1.54, 1.807) is 12.1 Å². The molecule has 0 unspecified atom stereocenters. The van der Waals surface area contributed by atoms with Gasteiger partial charge in [0.2, 0.25) is 21.8 Å². The van der Waals surface area contributed by atoms with Crippen molar-refractivity contribution in [2.45, 2.75) is 45.3 Å². The van der Waals surface area contributed by atoms with Gasteiger partial charge in [-0.3, -0.25) is 24.0 Å². The number of nitrogens with one attached hydrogen (secondary N) is 1. The van der Waals surface area contributed by atoms with Crippen molar-refractivity contribution >= 4 is 56.4 Å². The second-order valence-corrected chi connectivity index (χ2v) is 12.6. The highest BCUT2D eigenvalue weighted by Gasteiger charge is 2.34. The number of rotatable bonds is 13. The molecular formula is C29H32Cl2N4O6S. The fourth-order valence-electron chi connectivity index (χ4n) is 4.20. The Balaban J connectivity index is 2.11. The van der Waals surface area contributed by atoms with Crippen LogP contribution in [0.3, 0.4) is 0 Å². The first-order valence-corrected chi connectivity index (χ1v) is 15.7. The van der Waals surface area contributed by atoms with Crippen LogP contribution in [0.4, 0.5) is 11.4 Å². The Morgan fingerprint density at radius 2 is 1.71 bits per heavy atom. The van der Waals surface area contributed by atoms with Gasteiger partial charge < -0.3 is 10.2 Å². The normalized spacial score (nSPS) is 12.7. The van der Waals surface area contributed by atoms with Gasteiger partial charge in [-0.2, -0.15) is 0 Å². The maximum atomic E-state index is 14.1. The van der Waals surface area contributed by atoms with Crippen LogP contribution in [0.2, 0.25) is 10.0 Å². The maximum Gasteiger partial charge on any atom is 0.271 e. The van der Waals surface area contributed by atoms with Crippen molar-refractivity contribution in [3.8, 4) is 0 Å². The van der Waals surface area contributed by atoms with E-state index in [4.69, 9.17) is 23.2 Å². The number of hydrogen-bond donors (Lipinski definition) is 1. The zero-order valence-electron chi connectivity index (χ0n) is 23.4. The molecule has 3 aromatic rings. The lowest BCUT2D eigenvalue weighted by Gasteiger charge is -2.34. The topological polar surface area (TPSA) is 130 Å². The second-order valence-electron chi connectivity index (χ2n) is 9.83. The van der Waals surface area contributed by atoms with Gasteiger partial charge in [-0.1, -0.05) is 72.6 Å². The first-order chi connectivity index (χ1) is 19.8. The van der Waals surface area contributed by atoms with Gasteiger partial charge in [-0.25, -0.2) is 8.42 Å². The minimum absolute atomic E-state index is 0.0619. The Morgan fingerprint density at radius 3 is 2.31 bits per heavy atom. The lowest BCUT2D eigenvalue weighted by Crippen LogP contribution is -2.54. The van der Waals surface area contributed by atoms with Crippen LogP contribution in [0.25, 0.3) is 0 Å². The van der Waals surface area contributed by atoms with Crippen LogP contribution in [-0.2, 0) is 32.6 Å². The van der Waals surface area contributed by atoms with Crippen LogP contribution in [0, 0.1) is 10.1 Å². The molecular weight excluding hydrogens is 603 g/mol. The monoisotopic (exact) mass is 634 g/mol. The van der Waals surface area contributed by atoms with Gasteiger partial charge in [0.25, 0.3) is 5.69 Å². The number of carbonyl (C=O) groups is 2. The van der Waals surface area contributed by atoms with E-state index < -0.39 is 39.3 Å². The number of halogens is 2. The number of nitrogens with zero attached hydrogens (tertiary/aromatic N) is 3. The van der Waals surface area contributed by atoms with E-state index in [2.05, 4.69) is 5.32 Å². The highest BCUT2D eigenvalue weighted by atomic mass is 35.5. The molecule has 10 nitrogen and oxygen atoms in total. The zero-order chi connectivity index (χ0) is 31.0. The van der Waals surface area contributed by atoms with E-state index in [-0.39, 0.29) is 35.4 Å². The predicted octanol–water partition coefficient (Wildman–Crippen LogP) is 5.22. The summed E-state index contributed by atoms with van der Waals surface area (Å²) in [5, 5.41) is 14.9. The lowest BCUT2D eigenvalue weighted by molar-refractivity contribution is -0.384. The van der Waals surface area contributed by atoms with Gasteiger partial charge in [0, 0.05) is 41.2 Å². The molecule has 0 radical (unpaired) electrons. The van der Waals surface area contributed by atoms with Gasteiger partial charge >= 0.3 is 0 Å². The van der Waals surface area contributed by atoms with Gasteiger partial charge in [0.1, 0.15) is 12.6 Å². The third kappa shape index (κ3) is 8.91. The summed E-state index contributed by atoms with van der Waals surface area (Å²) in [7, 11) is -4.08. The van der Waals surface area contributed by atoms with E-state index in [9.17, 15) is 28.1 Å². The Morgan fingerprint density at radius 1 is 1.02 bits per heavy atom. The van der Waals surface area contributed by atoms with Gasteiger partial charge in [-0.15, -0.1) is 0 Å². The van der Waals surface area contributed by atoms with Crippen LogP contribution in [0.15, 0.2) is 72.8 Å². The molecule has 13 heteroatoms. The van der Waals surface area contributed by atoms with Crippen LogP contribution in [-0.4, -0.2) is 54.9 Å². The number of hydrogen-bond acceptors (Lipinski definition) is 6. The highest BCUT2D eigenvalue weighted by molar-refractivity contribution is 7.92. The number of benzene rings is 3. The first kappa shape index (κ1) is 32.8. The molecule has 3 aromatic carbocycles. The molecule has 0 heterocycles. The largest absolute Gasteiger partial charge is 0.352 e. The summed E-state index contributed by atoms with van der Waals surface area (Å²) in [5.74, 6) is -1.13. The summed E-state index contributed by atoms with van der Waals surface area (Å²) in [6.07, 6.45) is 1.68. The SMILES string of the molecule is CC[C@@H](C)NC(=O)[C@@H](Cc1ccccc1)N(Cc1ccc(Cl)cc1Cl)C(=O)CN(c1cccc([N+](=O)[O-])c1)S(C)(=O)=O. The van der Waals surface area contributed by atoms with E-state index in [1.807, 2.05) is 44.2 Å². The van der Waals surface area contributed by atoms with Crippen LogP contribution < -0.4 is 9.62 Å². The van der Waals surface area contributed by atoms with E-state index >= 15 is 0 Å². The molecule has 0 bridgehead atoms. The van der Waals surface area contributed by atoms with Crippen molar-refractivity contribution in [1.82, 2.24) is 10.2 Å². The van der Waals surface area contributed by atoms with E-state index in [0.29, 0.717) is 17.0 Å². The molecule has 2 atom stereocenters. The van der Waals surface area contributed by atoms with Crippen LogP contribution in [0.5, 0.6) is 0 Å². The molecule has 3 rings (SSSR count). The Bertz CT molecular complexity index is 1540. The fourth-order valence-corrected chi connectivity index (χ4v) is 5.51. The average molecular weight is 636 g/mol. The molecule has 0 aliphatic heterocycles. The summed E-state index contributed by atoms with van der Waals surface area (Å²) in [6.45, 7) is 2.91. The Kier molecular flexibility index (Phi) is 11.3. The molecule has 0 spiro atoms. The quantitative estimate of drug-likeness (QED) is 0.203. The molecule has 0 fully saturated rings. The number of anilines is 1. The summed E-state index contributed by atoms with van der Waals surface area (Å²) < 4.78 is 26.5. The van der Waals surface area contributed by atoms with Crippen LogP contribution >= 0.6 is 23.2 Å². The molecule has 0 aliphatic carbocycles. The summed E-state index contributed by atoms with van der Waals surface area (Å²) in [5.41, 5.74) is 0.868. The molecule has 0 aliphatic rings. The summed E-state index contributed by atoms with van der Waals surface area (Å²) in [4.78, 5) is 39.8. The standard InChI is InChI=1S/C29H32Cl2N4O6S/c1-4-20(2)32-29(37)27(15-21-9-6-5-7-10-21)33(18-22-13-14-23(30)16-26(22)31)28(36)19-34(42(3,40)41)24-11-8-12-25(17-24)35(38)39/h5-14,16-17,20,27H,4,15,18-19H2,1-3H3,(H,32,37)/t20-,27-/m1/s1. The van der Waals surface area contributed by atoms with Gasteiger partial charge in [0.05, 0.1) is 16.9 Å². The molecule has 224 valence electrons. The third-order valence-electron chi connectivity index (χ3n) is 6.64. The molecule has 0 saturated carbocycles. The fraction of sp³-hybridized carbons (Fsp3) is 0.310. The van der Waals surface area contributed by atoms with Crippen molar-refractivity contribution < 1.29 is 22.9 Å². The number of nitro groups is 1. The van der Waals surface area contributed by atoms with Crippen molar-refractivity contribution in [2.24, 2.45) is 0 Å². The molecule has 42 heavy (non-hydrogen) atoms. The first-order valence-electron chi connectivity index (χ1n) is 13.1. The number of sulfonamides is 1. The minimum atomic E-state index is -4.08. The number of nitro benzene ring substituents is 1. The molecule has 0 saturated heterocycles. The van der Waals surface area contributed by atoms with Crippen molar-refractivity contribution in [1.29, 1.82) is 0 Å². The minimum Gasteiger partial charge on any atom is -0.352 e.